The van der Waals surface area contributed by atoms with E-state index in [2.05, 4.69) is 163 Å². The Labute approximate surface area is 310 Å². The predicted molar refractivity (Wildman–Crippen MR) is 216 cm³/mol. The minimum Gasteiger partial charge on any atom is -0.469 e. The van der Waals surface area contributed by atoms with Gasteiger partial charge in [0.25, 0.3) is 0 Å². The molecule has 7 nitrogen and oxygen atoms in total. The van der Waals surface area contributed by atoms with E-state index < -0.39 is 11.2 Å². The molecule has 0 N–H and O–H groups in total. The number of benzene rings is 4. The Kier molecular flexibility index (Phi) is 7.07. The second-order valence-electron chi connectivity index (χ2n) is 16.3. The average Bonchev–Trinajstić information content (AvgIpc) is 3.68. The topological polar surface area (TPSA) is 73.9 Å². The smallest absolute Gasteiger partial charge is 0.218 e. The van der Waals surface area contributed by atoms with Gasteiger partial charge in [-0.15, -0.1) is 0 Å². The van der Waals surface area contributed by atoms with Gasteiger partial charge in [-0.3, -0.25) is 9.97 Å². The molecule has 0 saturated carbocycles. The molecule has 7 heteroatoms. The van der Waals surface area contributed by atoms with Crippen LogP contribution in [0.2, 0.25) is 0 Å². The van der Waals surface area contributed by atoms with Gasteiger partial charge in [0, 0.05) is 40.0 Å². The molecule has 3 aromatic heterocycles. The lowest BCUT2D eigenvalue weighted by molar-refractivity contribution is 0.0618. The Morgan fingerprint density at radius 2 is 1.04 bits per heavy atom. The molecule has 0 fully saturated rings. The Bertz CT molecular complexity index is 2650. The summed E-state index contributed by atoms with van der Waals surface area (Å²) in [5, 5.41) is 4.70. The van der Waals surface area contributed by atoms with Crippen LogP contribution in [0.1, 0.15) is 66.5 Å². The summed E-state index contributed by atoms with van der Waals surface area (Å²) in [4.78, 5) is 19.7. The molecular formula is C46H43N5O2. The Hall–Kier alpha value is -5.82. The number of aliphatic imine (C=N–C) groups is 2. The summed E-state index contributed by atoms with van der Waals surface area (Å²) in [6, 6.07) is 36.4. The summed E-state index contributed by atoms with van der Waals surface area (Å²) in [7, 11) is 0. The van der Waals surface area contributed by atoms with Gasteiger partial charge in [-0.1, -0.05) is 54.6 Å². The van der Waals surface area contributed by atoms with Crippen LogP contribution in [0.5, 0.6) is 0 Å². The van der Waals surface area contributed by atoms with E-state index in [-0.39, 0.29) is 11.1 Å². The second kappa shape index (κ2) is 11.3. The van der Waals surface area contributed by atoms with E-state index >= 15 is 0 Å². The van der Waals surface area contributed by atoms with E-state index in [0.717, 1.165) is 55.7 Å². The second-order valence-corrected chi connectivity index (χ2v) is 16.3. The van der Waals surface area contributed by atoms with Crippen molar-refractivity contribution in [1.82, 2.24) is 14.5 Å². The van der Waals surface area contributed by atoms with Crippen LogP contribution in [-0.4, -0.2) is 48.6 Å². The maximum Gasteiger partial charge on any atom is 0.218 e. The van der Waals surface area contributed by atoms with Crippen LogP contribution in [-0.2, 0) is 9.47 Å². The number of nitrogens with zero attached hydrogens (tertiary/aromatic N) is 5. The summed E-state index contributed by atoms with van der Waals surface area (Å²) in [5.74, 6) is 1.27. The summed E-state index contributed by atoms with van der Waals surface area (Å²) >= 11 is 0. The number of pyridine rings is 2. The van der Waals surface area contributed by atoms with Crippen molar-refractivity contribution in [3.05, 3.63) is 127 Å². The number of para-hydroxylation sites is 1. The Balaban J connectivity index is 1.19. The summed E-state index contributed by atoms with van der Waals surface area (Å²) in [6.07, 6.45) is 3.75. The molecule has 4 aromatic carbocycles. The first kappa shape index (κ1) is 33.0. The van der Waals surface area contributed by atoms with Gasteiger partial charge < -0.3 is 14.0 Å². The van der Waals surface area contributed by atoms with E-state index in [4.69, 9.17) is 29.4 Å². The monoisotopic (exact) mass is 697 g/mol. The fourth-order valence-corrected chi connectivity index (χ4v) is 7.28. The van der Waals surface area contributed by atoms with E-state index in [1.54, 1.807) is 0 Å². The van der Waals surface area contributed by atoms with Gasteiger partial charge in [-0.25, -0.2) is 9.98 Å². The minimum atomic E-state index is -0.402. The molecule has 53 heavy (non-hydrogen) atoms. The third-order valence-electron chi connectivity index (χ3n) is 11.8. The molecule has 0 spiro atoms. The van der Waals surface area contributed by atoms with Crippen molar-refractivity contribution in [3.8, 4) is 28.2 Å². The van der Waals surface area contributed by atoms with Crippen LogP contribution < -0.4 is 0 Å². The minimum absolute atomic E-state index is 0.324. The number of rotatable bonds is 5. The van der Waals surface area contributed by atoms with Crippen molar-refractivity contribution in [2.75, 3.05) is 0 Å². The van der Waals surface area contributed by atoms with Crippen molar-refractivity contribution in [2.45, 2.75) is 77.7 Å². The SMILES string of the molecule is CC1(C)N=C(c2ccc(-c3ccc4c5c6ccccc6c(-c6ccc(C7=NC(C)(C)C(C)(C)O7)cn6)cc5n(-c5ccccc5)c4c3)nc2)OC1(C)C. The third kappa shape index (κ3) is 5.16. The van der Waals surface area contributed by atoms with Gasteiger partial charge in [-0.05, 0) is 115 Å². The summed E-state index contributed by atoms with van der Waals surface area (Å²) in [6.45, 7) is 16.7. The quantitative estimate of drug-likeness (QED) is 0.179. The molecule has 0 aliphatic carbocycles. The first-order valence-corrected chi connectivity index (χ1v) is 18.3. The highest BCUT2D eigenvalue weighted by Gasteiger charge is 2.46. The molecule has 0 unspecified atom stereocenters. The summed E-state index contributed by atoms with van der Waals surface area (Å²) < 4.78 is 14.9. The molecule has 0 saturated heterocycles. The predicted octanol–water partition coefficient (Wildman–Crippen LogP) is 10.7. The van der Waals surface area contributed by atoms with Crippen LogP contribution >= 0.6 is 0 Å². The first-order valence-electron chi connectivity index (χ1n) is 18.3. The van der Waals surface area contributed by atoms with Crippen LogP contribution in [0.4, 0.5) is 0 Å². The lowest BCUT2D eigenvalue weighted by Crippen LogP contribution is -2.41. The highest BCUT2D eigenvalue weighted by atomic mass is 16.5. The molecule has 9 rings (SSSR count). The van der Waals surface area contributed by atoms with Crippen molar-refractivity contribution < 1.29 is 9.47 Å². The van der Waals surface area contributed by atoms with Crippen molar-refractivity contribution >= 4 is 44.4 Å². The van der Waals surface area contributed by atoms with Gasteiger partial charge >= 0.3 is 0 Å². The lowest BCUT2D eigenvalue weighted by atomic mass is 9.87. The molecule has 2 aliphatic rings. The molecule has 2 aliphatic heterocycles. The van der Waals surface area contributed by atoms with Crippen molar-refractivity contribution in [2.24, 2.45) is 9.98 Å². The molecule has 0 amide bonds. The third-order valence-corrected chi connectivity index (χ3v) is 11.8. The lowest BCUT2D eigenvalue weighted by Gasteiger charge is -2.30. The Morgan fingerprint density at radius 1 is 0.491 bits per heavy atom. The van der Waals surface area contributed by atoms with Crippen LogP contribution in [0.25, 0.3) is 60.8 Å². The normalized spacial score (nSPS) is 18.2. The van der Waals surface area contributed by atoms with Crippen LogP contribution in [0.15, 0.2) is 126 Å². The van der Waals surface area contributed by atoms with E-state index in [9.17, 15) is 0 Å². The number of fused-ring (bicyclic) bond motifs is 5. The maximum absolute atomic E-state index is 6.30. The van der Waals surface area contributed by atoms with Gasteiger partial charge in [0.1, 0.15) is 11.2 Å². The van der Waals surface area contributed by atoms with E-state index in [0.29, 0.717) is 11.8 Å². The fraction of sp³-hybridized carbons (Fsp3) is 0.261. The molecule has 264 valence electrons. The van der Waals surface area contributed by atoms with Gasteiger partial charge in [-0.2, -0.15) is 0 Å². The Morgan fingerprint density at radius 3 is 1.58 bits per heavy atom. The zero-order valence-corrected chi connectivity index (χ0v) is 31.5. The van der Waals surface area contributed by atoms with Gasteiger partial charge in [0.2, 0.25) is 11.8 Å². The van der Waals surface area contributed by atoms with Crippen LogP contribution in [0, 0.1) is 0 Å². The number of hydrogen-bond donors (Lipinski definition) is 0. The fourth-order valence-electron chi connectivity index (χ4n) is 7.28. The largest absolute Gasteiger partial charge is 0.469 e. The van der Waals surface area contributed by atoms with E-state index in [1.807, 2.05) is 12.4 Å². The molecule has 0 radical (unpaired) electrons. The van der Waals surface area contributed by atoms with Crippen molar-refractivity contribution in [3.63, 3.8) is 0 Å². The van der Waals surface area contributed by atoms with Gasteiger partial charge in [0.15, 0.2) is 0 Å². The highest BCUT2D eigenvalue weighted by Crippen LogP contribution is 2.43. The molecule has 5 heterocycles. The number of aromatic nitrogens is 3. The van der Waals surface area contributed by atoms with Crippen LogP contribution in [0.3, 0.4) is 0 Å². The van der Waals surface area contributed by atoms with E-state index in [1.165, 1.54) is 16.2 Å². The average molecular weight is 698 g/mol. The number of ether oxygens (including phenoxy) is 2. The molecule has 0 bridgehead atoms. The molecular weight excluding hydrogens is 655 g/mol. The first-order chi connectivity index (χ1) is 25.2. The molecule has 7 aromatic rings. The zero-order chi connectivity index (χ0) is 36.9. The maximum atomic E-state index is 6.30. The van der Waals surface area contributed by atoms with Gasteiger partial charge in [0.05, 0.1) is 44.6 Å². The summed E-state index contributed by atoms with van der Waals surface area (Å²) in [5.41, 5.74) is 7.47. The van der Waals surface area contributed by atoms with Crippen molar-refractivity contribution in [1.29, 1.82) is 0 Å². The standard InChI is InChI=1S/C46H43N5O2/c1-43(2)45(5,6)52-41(49-43)29-19-22-36(47-26-29)28-18-21-34-38(24-28)51(31-14-10-9-11-15-31)39-25-35(32-16-12-13-17-33(32)40(34)39)37-23-20-30(27-48-37)42-50-44(3,4)46(7,8)53-42/h9-27H,1-8H3. The highest BCUT2D eigenvalue weighted by molar-refractivity contribution is 6.24. The molecule has 0 atom stereocenters. The zero-order valence-electron chi connectivity index (χ0n) is 31.5. The number of hydrogen-bond acceptors (Lipinski definition) is 6.